The summed E-state index contributed by atoms with van der Waals surface area (Å²) < 4.78 is 10.7. The van der Waals surface area contributed by atoms with Crippen LogP contribution in [-0.2, 0) is 19.1 Å². The third-order valence-electron chi connectivity index (χ3n) is 12.7. The van der Waals surface area contributed by atoms with Gasteiger partial charge in [0.1, 0.15) is 6.61 Å². The Morgan fingerprint density at radius 3 is 0.782 bits per heavy atom. The van der Waals surface area contributed by atoms with Gasteiger partial charge in [-0.15, -0.1) is 0 Å². The predicted molar refractivity (Wildman–Crippen MR) is 343 cm³/mol. The largest absolute Gasteiger partial charge is 0.462 e. The zero-order valence-corrected chi connectivity index (χ0v) is 49.8. The molecule has 0 aromatic heterocycles. The number of carbonyl (C=O) groups is 2. The van der Waals surface area contributed by atoms with Gasteiger partial charge < -0.3 is 14.6 Å². The van der Waals surface area contributed by atoms with Gasteiger partial charge in [-0.1, -0.05) is 280 Å². The minimum absolute atomic E-state index is 0.0913. The highest BCUT2D eigenvalue weighted by atomic mass is 16.6. The van der Waals surface area contributed by atoms with Gasteiger partial charge >= 0.3 is 11.9 Å². The molecule has 0 saturated heterocycles. The molecule has 0 rings (SSSR count). The highest BCUT2D eigenvalue weighted by Gasteiger charge is 2.16. The van der Waals surface area contributed by atoms with Gasteiger partial charge in [0.2, 0.25) is 0 Å². The van der Waals surface area contributed by atoms with E-state index < -0.39 is 6.10 Å². The van der Waals surface area contributed by atoms with Crippen molar-refractivity contribution < 1.29 is 24.2 Å². The molecule has 0 saturated carbocycles. The first-order valence-corrected chi connectivity index (χ1v) is 31.3. The van der Waals surface area contributed by atoms with E-state index in [9.17, 15) is 14.7 Å². The maximum absolute atomic E-state index is 12.3. The summed E-state index contributed by atoms with van der Waals surface area (Å²) >= 11 is 0. The molecule has 0 aliphatic heterocycles. The van der Waals surface area contributed by atoms with Crippen LogP contribution in [0.1, 0.15) is 245 Å². The first-order chi connectivity index (χ1) is 38.6. The summed E-state index contributed by atoms with van der Waals surface area (Å²) in [6.45, 7) is 3.88. The van der Waals surface area contributed by atoms with Crippen molar-refractivity contribution in [3.8, 4) is 0 Å². The van der Waals surface area contributed by atoms with Crippen molar-refractivity contribution in [1.29, 1.82) is 0 Å². The molecule has 78 heavy (non-hydrogen) atoms. The van der Waals surface area contributed by atoms with Crippen LogP contribution in [0.3, 0.4) is 0 Å². The van der Waals surface area contributed by atoms with E-state index in [0.29, 0.717) is 12.8 Å². The van der Waals surface area contributed by atoms with Crippen LogP contribution in [0.25, 0.3) is 0 Å². The molecule has 1 unspecified atom stereocenters. The van der Waals surface area contributed by atoms with Crippen molar-refractivity contribution in [2.75, 3.05) is 13.2 Å². The fraction of sp³-hybridized carbons (Fsp3) is 0.562. The van der Waals surface area contributed by atoms with E-state index in [1.807, 2.05) is 0 Å². The monoisotopic (exact) mass is 1070 g/mol. The van der Waals surface area contributed by atoms with Crippen molar-refractivity contribution in [3.05, 3.63) is 182 Å². The molecule has 0 radical (unpaired) electrons. The first-order valence-electron chi connectivity index (χ1n) is 31.3. The second-order valence-corrected chi connectivity index (χ2v) is 20.0. The number of hydrogen-bond acceptors (Lipinski definition) is 5. The Labute approximate surface area is 480 Å². The molecular formula is C73H114O5. The zero-order valence-electron chi connectivity index (χ0n) is 49.8. The van der Waals surface area contributed by atoms with Gasteiger partial charge in [-0.05, 0) is 135 Å². The molecule has 0 aliphatic rings. The summed E-state index contributed by atoms with van der Waals surface area (Å²) in [7, 11) is 0. The molecule has 0 fully saturated rings. The van der Waals surface area contributed by atoms with Crippen LogP contribution in [0.5, 0.6) is 0 Å². The number of allylic oxidation sites excluding steroid dienone is 30. The van der Waals surface area contributed by atoms with Crippen LogP contribution >= 0.6 is 0 Å². The first kappa shape index (κ1) is 73.0. The molecule has 5 nitrogen and oxygen atoms in total. The summed E-state index contributed by atoms with van der Waals surface area (Å²) in [4.78, 5) is 24.6. The van der Waals surface area contributed by atoms with Crippen LogP contribution in [0, 0.1) is 0 Å². The van der Waals surface area contributed by atoms with Crippen molar-refractivity contribution in [3.63, 3.8) is 0 Å². The Balaban J connectivity index is 3.62. The van der Waals surface area contributed by atoms with Crippen molar-refractivity contribution in [1.82, 2.24) is 0 Å². The van der Waals surface area contributed by atoms with E-state index in [0.717, 1.165) is 141 Å². The number of rotatable bonds is 55. The Kier molecular flexibility index (Phi) is 62.0. The van der Waals surface area contributed by atoms with Crippen LogP contribution < -0.4 is 0 Å². The maximum Gasteiger partial charge on any atom is 0.306 e. The van der Waals surface area contributed by atoms with Gasteiger partial charge in [0, 0.05) is 12.8 Å². The van der Waals surface area contributed by atoms with E-state index in [-0.39, 0.29) is 25.2 Å². The van der Waals surface area contributed by atoms with Crippen LogP contribution in [0.4, 0.5) is 0 Å². The lowest BCUT2D eigenvalue weighted by Gasteiger charge is -2.15. The molecule has 0 aliphatic carbocycles. The minimum atomic E-state index is -0.805. The standard InChI is InChI=1S/C73H114O5/c1-3-5-7-9-11-13-15-17-19-21-23-25-27-29-31-33-35-36-38-39-41-43-45-47-49-51-53-55-57-59-61-63-65-67-72(75)77-70-71(69-74)78-73(76)68-66-64-62-60-58-56-54-52-50-48-46-44-42-40-37-34-32-30-28-26-24-22-20-18-16-14-12-10-8-6-4-2/h5-8,11-14,17-20,23-26,29-32,35-37,40,44,46,50,52,56,58,71,74H,3-4,9-10,15-16,21-22,27-28,33-34,38-39,41-43,45,47-49,51,53-55,57,59-70H2,1-2H3/b7-5-,8-6-,13-11-,14-12-,19-17-,20-18-,25-23-,26-24-,31-29-,32-30-,36-35-,40-37-,46-44-,52-50-,58-56-. The smallest absolute Gasteiger partial charge is 0.306 e. The molecule has 0 amide bonds. The Bertz CT molecular complexity index is 1780. The topological polar surface area (TPSA) is 72.8 Å². The SMILES string of the molecule is CC/C=C\C/C=C\C/C=C\C/C=C\C/C=C\C/C=C\C/C=C\C/C=C\C/C=C\CCCCCC(=O)OC(CO)COC(=O)CCCCCCCCCCCCCCCC/C=C\C/C=C\C/C=C\C/C=C\C/C=C\C/C=C\CC. The zero-order chi connectivity index (χ0) is 56.2. The van der Waals surface area contributed by atoms with Gasteiger partial charge in [-0.3, -0.25) is 9.59 Å². The summed E-state index contributed by atoms with van der Waals surface area (Å²) in [6, 6.07) is 0. The van der Waals surface area contributed by atoms with Gasteiger partial charge in [0.05, 0.1) is 6.61 Å². The van der Waals surface area contributed by atoms with E-state index in [1.54, 1.807) is 0 Å². The average Bonchev–Trinajstić information content (AvgIpc) is 3.44. The Morgan fingerprint density at radius 2 is 0.513 bits per heavy atom. The molecule has 0 spiro atoms. The predicted octanol–water partition coefficient (Wildman–Crippen LogP) is 21.9. The second kappa shape index (κ2) is 66.3. The number of ether oxygens (including phenoxy) is 2. The van der Waals surface area contributed by atoms with E-state index in [4.69, 9.17) is 9.47 Å². The van der Waals surface area contributed by atoms with Crippen molar-refractivity contribution in [2.45, 2.75) is 251 Å². The fourth-order valence-corrected chi connectivity index (χ4v) is 8.08. The molecule has 0 heterocycles. The van der Waals surface area contributed by atoms with Gasteiger partial charge in [0.15, 0.2) is 6.10 Å². The normalized spacial score (nSPS) is 13.5. The van der Waals surface area contributed by atoms with E-state index in [1.165, 1.54) is 77.0 Å². The molecule has 1 N–H and O–H groups in total. The number of esters is 2. The molecule has 1 atom stereocenters. The van der Waals surface area contributed by atoms with Gasteiger partial charge in [-0.2, -0.15) is 0 Å². The fourth-order valence-electron chi connectivity index (χ4n) is 8.08. The van der Waals surface area contributed by atoms with Gasteiger partial charge in [-0.25, -0.2) is 0 Å². The number of unbranched alkanes of at least 4 members (excludes halogenated alkanes) is 17. The maximum atomic E-state index is 12.3. The molecular weight excluding hydrogens is 957 g/mol. The Hall–Kier alpha value is -5.00. The van der Waals surface area contributed by atoms with E-state index >= 15 is 0 Å². The number of carbonyl (C=O) groups excluding carboxylic acids is 2. The highest BCUT2D eigenvalue weighted by molar-refractivity contribution is 5.70. The van der Waals surface area contributed by atoms with Crippen molar-refractivity contribution >= 4 is 11.9 Å². The number of hydrogen-bond donors (Lipinski definition) is 1. The summed E-state index contributed by atoms with van der Waals surface area (Å²) in [6.07, 6.45) is 104. The Morgan fingerprint density at radius 1 is 0.295 bits per heavy atom. The highest BCUT2D eigenvalue weighted by Crippen LogP contribution is 2.15. The molecule has 0 aromatic rings. The summed E-state index contributed by atoms with van der Waals surface area (Å²) in [5.74, 6) is -0.640. The molecule has 0 bridgehead atoms. The lowest BCUT2D eigenvalue weighted by molar-refractivity contribution is -0.161. The number of aliphatic hydroxyl groups excluding tert-OH is 1. The average molecular weight is 1070 g/mol. The lowest BCUT2D eigenvalue weighted by Crippen LogP contribution is -2.28. The molecule has 436 valence electrons. The van der Waals surface area contributed by atoms with Gasteiger partial charge in [0.25, 0.3) is 0 Å². The molecule has 0 aromatic carbocycles. The lowest BCUT2D eigenvalue weighted by atomic mass is 10.0. The van der Waals surface area contributed by atoms with E-state index in [2.05, 4.69) is 196 Å². The second-order valence-electron chi connectivity index (χ2n) is 20.0. The molecule has 5 heteroatoms. The van der Waals surface area contributed by atoms with Crippen LogP contribution in [0.15, 0.2) is 182 Å². The summed E-state index contributed by atoms with van der Waals surface area (Å²) in [5, 5.41) is 9.68. The third-order valence-corrected chi connectivity index (χ3v) is 12.7. The van der Waals surface area contributed by atoms with Crippen molar-refractivity contribution in [2.24, 2.45) is 0 Å². The third kappa shape index (κ3) is 63.5. The minimum Gasteiger partial charge on any atom is -0.462 e. The quantitative estimate of drug-likeness (QED) is 0.0373. The summed E-state index contributed by atoms with van der Waals surface area (Å²) in [5.41, 5.74) is 0. The van der Waals surface area contributed by atoms with Crippen LogP contribution in [-0.4, -0.2) is 36.4 Å². The number of aliphatic hydroxyl groups is 1. The van der Waals surface area contributed by atoms with Crippen LogP contribution in [0.2, 0.25) is 0 Å².